The van der Waals surface area contributed by atoms with Gasteiger partial charge in [-0.25, -0.2) is 0 Å². The molecule has 0 aliphatic carbocycles. The Labute approximate surface area is 215 Å². The van der Waals surface area contributed by atoms with Crippen LogP contribution in [0, 0.1) is 0 Å². The van der Waals surface area contributed by atoms with Gasteiger partial charge in [-0.2, -0.15) is 0 Å². The number of hydrogen-bond donors (Lipinski definition) is 0. The van der Waals surface area contributed by atoms with Gasteiger partial charge in [-0.15, -0.1) is 0 Å². The number of para-hydroxylation sites is 3. The predicted molar refractivity (Wildman–Crippen MR) is 155 cm³/mol. The molecular weight excluding hydrogens is 436 g/mol. The van der Waals surface area contributed by atoms with Crippen molar-refractivity contribution in [2.24, 2.45) is 0 Å². The van der Waals surface area contributed by atoms with E-state index in [2.05, 4.69) is 163 Å². The Hall–Kier alpha value is -4.30. The highest BCUT2D eigenvalue weighted by Crippen LogP contribution is 2.39. The average Bonchev–Trinajstić information content (AvgIpc) is 2.96. The molecule has 1 atom stereocenters. The second-order valence-corrected chi connectivity index (χ2v) is 9.09. The molecule has 2 nitrogen and oxygen atoms in total. The number of benzene rings is 5. The van der Waals surface area contributed by atoms with E-state index in [-0.39, 0.29) is 0 Å². The molecule has 5 rings (SSSR count). The average molecular weight is 469 g/mol. The van der Waals surface area contributed by atoms with E-state index in [1.807, 2.05) is 0 Å². The fraction of sp³-hybridized carbons (Fsp3) is 0.118. The van der Waals surface area contributed by atoms with Crippen molar-refractivity contribution < 1.29 is 0 Å². The minimum atomic E-state index is 0.561. The SMILES string of the molecule is CCC(C)c1ccc(N(c2ccccc2)c2ccc(N(c3ccccc3)c3ccccc3)cc2)cc1. The lowest BCUT2D eigenvalue weighted by molar-refractivity contribution is 0.733. The smallest absolute Gasteiger partial charge is 0.0463 e. The Morgan fingerprint density at radius 2 is 0.694 bits per heavy atom. The molecule has 0 aliphatic heterocycles. The Kier molecular flexibility index (Phi) is 7.14. The van der Waals surface area contributed by atoms with Gasteiger partial charge in [0.2, 0.25) is 0 Å². The van der Waals surface area contributed by atoms with E-state index in [0.717, 1.165) is 40.5 Å². The summed E-state index contributed by atoms with van der Waals surface area (Å²) in [6.45, 7) is 4.53. The molecule has 0 fully saturated rings. The van der Waals surface area contributed by atoms with Gasteiger partial charge >= 0.3 is 0 Å². The summed E-state index contributed by atoms with van der Waals surface area (Å²) in [4.78, 5) is 4.61. The summed E-state index contributed by atoms with van der Waals surface area (Å²) in [6.07, 6.45) is 1.14. The monoisotopic (exact) mass is 468 g/mol. The van der Waals surface area contributed by atoms with Crippen molar-refractivity contribution in [1.29, 1.82) is 0 Å². The van der Waals surface area contributed by atoms with Crippen molar-refractivity contribution in [2.45, 2.75) is 26.2 Å². The van der Waals surface area contributed by atoms with Gasteiger partial charge < -0.3 is 9.80 Å². The number of hydrogen-bond acceptors (Lipinski definition) is 2. The van der Waals surface area contributed by atoms with Crippen LogP contribution < -0.4 is 9.80 Å². The maximum absolute atomic E-state index is 2.32. The van der Waals surface area contributed by atoms with Gasteiger partial charge in [0.15, 0.2) is 0 Å². The molecule has 0 saturated heterocycles. The topological polar surface area (TPSA) is 6.48 Å². The molecule has 1 unspecified atom stereocenters. The molecular formula is C34H32N2. The van der Waals surface area contributed by atoms with Gasteiger partial charge in [0.25, 0.3) is 0 Å². The lowest BCUT2D eigenvalue weighted by Crippen LogP contribution is -2.12. The Morgan fingerprint density at radius 1 is 0.417 bits per heavy atom. The van der Waals surface area contributed by atoms with Crippen LogP contribution in [0.2, 0.25) is 0 Å². The fourth-order valence-electron chi connectivity index (χ4n) is 4.56. The van der Waals surface area contributed by atoms with Crippen LogP contribution in [0.1, 0.15) is 31.7 Å². The third-order valence-electron chi connectivity index (χ3n) is 6.74. The van der Waals surface area contributed by atoms with E-state index in [1.54, 1.807) is 0 Å². The van der Waals surface area contributed by atoms with E-state index in [0.29, 0.717) is 5.92 Å². The van der Waals surface area contributed by atoms with Crippen LogP contribution in [0.25, 0.3) is 0 Å². The maximum atomic E-state index is 2.32. The van der Waals surface area contributed by atoms with E-state index < -0.39 is 0 Å². The van der Waals surface area contributed by atoms with Crippen molar-refractivity contribution in [3.05, 3.63) is 145 Å². The largest absolute Gasteiger partial charge is 0.311 e. The lowest BCUT2D eigenvalue weighted by Gasteiger charge is -2.28. The highest BCUT2D eigenvalue weighted by molar-refractivity contribution is 5.81. The summed E-state index contributed by atoms with van der Waals surface area (Å²) < 4.78 is 0. The van der Waals surface area contributed by atoms with Crippen LogP contribution in [0.3, 0.4) is 0 Å². The second kappa shape index (κ2) is 11.0. The summed E-state index contributed by atoms with van der Waals surface area (Å²) in [5.41, 5.74) is 8.20. The van der Waals surface area contributed by atoms with Gasteiger partial charge in [-0.1, -0.05) is 80.6 Å². The summed E-state index contributed by atoms with van der Waals surface area (Å²) in [5, 5.41) is 0. The summed E-state index contributed by atoms with van der Waals surface area (Å²) >= 11 is 0. The molecule has 36 heavy (non-hydrogen) atoms. The molecule has 0 saturated carbocycles. The summed E-state index contributed by atoms with van der Waals surface area (Å²) in [5.74, 6) is 0.561. The number of nitrogens with zero attached hydrogens (tertiary/aromatic N) is 2. The summed E-state index contributed by atoms with van der Waals surface area (Å²) in [6, 6.07) is 49.5. The predicted octanol–water partition coefficient (Wildman–Crippen LogP) is 10.1. The first-order chi connectivity index (χ1) is 17.7. The van der Waals surface area contributed by atoms with Crippen molar-refractivity contribution in [3.63, 3.8) is 0 Å². The highest BCUT2D eigenvalue weighted by atomic mass is 15.2. The van der Waals surface area contributed by atoms with Gasteiger partial charge in [-0.05, 0) is 90.7 Å². The van der Waals surface area contributed by atoms with Crippen LogP contribution in [-0.2, 0) is 0 Å². The fourth-order valence-corrected chi connectivity index (χ4v) is 4.56. The number of anilines is 6. The minimum Gasteiger partial charge on any atom is -0.311 e. The zero-order valence-electron chi connectivity index (χ0n) is 21.0. The standard InChI is InChI=1S/C34H32N2/c1-3-27(2)28-19-21-32(22-20-28)36(31-17-11-6-12-18-31)34-25-23-33(24-26-34)35(29-13-7-4-8-14-29)30-15-9-5-10-16-30/h4-27H,3H2,1-2H3. The van der Waals surface area contributed by atoms with E-state index >= 15 is 0 Å². The molecule has 0 heterocycles. The minimum absolute atomic E-state index is 0.561. The molecule has 0 radical (unpaired) electrons. The third-order valence-corrected chi connectivity index (χ3v) is 6.74. The molecule has 0 aromatic heterocycles. The maximum Gasteiger partial charge on any atom is 0.0463 e. The lowest BCUT2D eigenvalue weighted by atomic mass is 9.98. The summed E-state index contributed by atoms with van der Waals surface area (Å²) in [7, 11) is 0. The molecule has 5 aromatic rings. The molecule has 0 spiro atoms. The quantitative estimate of drug-likeness (QED) is 0.223. The van der Waals surface area contributed by atoms with Crippen molar-refractivity contribution >= 4 is 34.1 Å². The van der Waals surface area contributed by atoms with Crippen LogP contribution in [0.15, 0.2) is 140 Å². The van der Waals surface area contributed by atoms with E-state index in [4.69, 9.17) is 0 Å². The second-order valence-electron chi connectivity index (χ2n) is 9.09. The molecule has 2 heteroatoms. The van der Waals surface area contributed by atoms with Gasteiger partial charge in [0, 0.05) is 34.1 Å². The van der Waals surface area contributed by atoms with Crippen LogP contribution in [0.5, 0.6) is 0 Å². The molecule has 0 aliphatic rings. The van der Waals surface area contributed by atoms with Crippen molar-refractivity contribution in [3.8, 4) is 0 Å². The Morgan fingerprint density at radius 3 is 1.00 bits per heavy atom. The van der Waals surface area contributed by atoms with Gasteiger partial charge in [0.05, 0.1) is 0 Å². The Bertz CT molecular complexity index is 1310. The molecule has 0 amide bonds. The van der Waals surface area contributed by atoms with Gasteiger partial charge in [0.1, 0.15) is 0 Å². The van der Waals surface area contributed by atoms with E-state index in [1.165, 1.54) is 5.56 Å². The zero-order valence-corrected chi connectivity index (χ0v) is 21.0. The first-order valence-electron chi connectivity index (χ1n) is 12.7. The molecule has 0 bridgehead atoms. The Balaban J connectivity index is 1.54. The van der Waals surface area contributed by atoms with Gasteiger partial charge in [-0.3, -0.25) is 0 Å². The molecule has 178 valence electrons. The van der Waals surface area contributed by atoms with Crippen molar-refractivity contribution in [2.75, 3.05) is 9.80 Å². The number of rotatable bonds is 8. The first-order valence-corrected chi connectivity index (χ1v) is 12.7. The van der Waals surface area contributed by atoms with Crippen LogP contribution in [0.4, 0.5) is 34.1 Å². The van der Waals surface area contributed by atoms with Crippen molar-refractivity contribution in [1.82, 2.24) is 0 Å². The first kappa shape index (κ1) is 23.4. The van der Waals surface area contributed by atoms with Crippen LogP contribution in [-0.4, -0.2) is 0 Å². The molecule has 5 aromatic carbocycles. The zero-order chi connectivity index (χ0) is 24.7. The van der Waals surface area contributed by atoms with E-state index in [9.17, 15) is 0 Å². The highest BCUT2D eigenvalue weighted by Gasteiger charge is 2.16. The molecule has 0 N–H and O–H groups in total. The third kappa shape index (κ3) is 5.04. The normalized spacial score (nSPS) is 11.6. The van der Waals surface area contributed by atoms with Crippen LogP contribution >= 0.6 is 0 Å².